The van der Waals surface area contributed by atoms with Crippen LogP contribution < -0.4 is 33.6 Å². The average molecular weight is 562 g/mol. The van der Waals surface area contributed by atoms with E-state index in [-0.39, 0.29) is 43.4 Å². The second-order valence-corrected chi connectivity index (χ2v) is 9.60. The van der Waals surface area contributed by atoms with Gasteiger partial charge < -0.3 is 38.5 Å². The summed E-state index contributed by atoms with van der Waals surface area (Å²) in [5.41, 5.74) is 22.1. The van der Waals surface area contributed by atoms with E-state index in [2.05, 4.69) is 15.6 Å². The van der Waals surface area contributed by atoms with Gasteiger partial charge in [-0.25, -0.2) is 0 Å². The van der Waals surface area contributed by atoms with Crippen LogP contribution in [0, 0.1) is 10.1 Å². The summed E-state index contributed by atoms with van der Waals surface area (Å²) < 4.78 is 0. The summed E-state index contributed by atoms with van der Waals surface area (Å²) in [5.74, 6) is -2.17. The Morgan fingerprint density at radius 1 is 1.02 bits per heavy atom. The Morgan fingerprint density at radius 2 is 1.70 bits per heavy atom. The van der Waals surface area contributed by atoms with Crippen molar-refractivity contribution in [2.24, 2.45) is 27.9 Å². The van der Waals surface area contributed by atoms with Crippen LogP contribution in [0.25, 0.3) is 0 Å². The molecule has 10 N–H and O–H groups in total. The van der Waals surface area contributed by atoms with Crippen molar-refractivity contribution >= 4 is 35.3 Å². The van der Waals surface area contributed by atoms with Gasteiger partial charge in [-0.15, -0.1) is 0 Å². The number of unbranched alkanes of at least 4 members (excludes halogenated alkanes) is 1. The first-order valence-electron chi connectivity index (χ1n) is 13.2. The third kappa shape index (κ3) is 10.1. The van der Waals surface area contributed by atoms with Gasteiger partial charge in [0.05, 0.1) is 11.3 Å². The molecule has 40 heavy (non-hydrogen) atoms. The van der Waals surface area contributed by atoms with Crippen molar-refractivity contribution in [3.8, 4) is 0 Å². The van der Waals surface area contributed by atoms with E-state index in [4.69, 9.17) is 22.9 Å². The van der Waals surface area contributed by atoms with E-state index >= 15 is 0 Å². The summed E-state index contributed by atoms with van der Waals surface area (Å²) in [7, 11) is 0. The molecule has 3 atom stereocenters. The van der Waals surface area contributed by atoms with E-state index in [1.54, 1.807) is 0 Å². The van der Waals surface area contributed by atoms with Crippen molar-refractivity contribution in [2.45, 2.75) is 69.5 Å². The molecule has 1 aliphatic heterocycles. The molecule has 1 heterocycles. The van der Waals surface area contributed by atoms with Crippen LogP contribution in [-0.2, 0) is 25.6 Å². The summed E-state index contributed by atoms with van der Waals surface area (Å²) in [4.78, 5) is 67.0. The third-order valence-electron chi connectivity index (χ3n) is 6.56. The van der Waals surface area contributed by atoms with Crippen LogP contribution in [0.15, 0.2) is 29.3 Å². The minimum absolute atomic E-state index is 0.0255. The number of non-ortho nitro benzene ring substituents is 1. The predicted octanol–water partition coefficient (Wildman–Crippen LogP) is -1.23. The minimum Gasteiger partial charge on any atom is -0.370 e. The Labute approximate surface area is 232 Å². The van der Waals surface area contributed by atoms with Gasteiger partial charge in [-0.1, -0.05) is 12.1 Å². The number of guanidine groups is 1. The Morgan fingerprint density at radius 3 is 2.30 bits per heavy atom. The molecule has 220 valence electrons. The molecule has 1 saturated heterocycles. The molecule has 4 amide bonds. The van der Waals surface area contributed by atoms with Crippen molar-refractivity contribution in [1.29, 1.82) is 0 Å². The SMILES string of the molecule is NCCCC[C@H](NC(=O)[C@@H]1CCCN1C(=O)Cc1ccc([N+](=O)[O-])cc1)C(=O)N[C@@H](CCCN=C(N)N)C(N)=O. The number of carbonyl (C=O) groups excluding carboxylic acids is 4. The zero-order valence-electron chi connectivity index (χ0n) is 22.4. The standard InChI is InChI=1S/C25H39N9O6/c26-12-2-1-5-19(23(37)31-18(22(27)36)6-3-13-30-25(28)29)32-24(38)20-7-4-14-33(20)21(35)15-16-8-10-17(11-9-16)34(39)40/h8-11,18-20H,1-7,12-15,26H2,(H2,27,36)(H,31,37)(H,32,38)(H4,28,29,30)/t18-,19-,20-/m0/s1. The molecule has 0 saturated carbocycles. The maximum Gasteiger partial charge on any atom is 0.269 e. The van der Waals surface area contributed by atoms with E-state index in [1.807, 2.05) is 0 Å². The van der Waals surface area contributed by atoms with Crippen LogP contribution in [0.2, 0.25) is 0 Å². The van der Waals surface area contributed by atoms with Crippen molar-refractivity contribution in [3.05, 3.63) is 39.9 Å². The second kappa shape index (κ2) is 16.0. The van der Waals surface area contributed by atoms with Crippen LogP contribution in [0.5, 0.6) is 0 Å². The van der Waals surface area contributed by atoms with E-state index in [9.17, 15) is 29.3 Å². The molecule has 0 aromatic heterocycles. The zero-order valence-corrected chi connectivity index (χ0v) is 22.4. The van der Waals surface area contributed by atoms with Crippen LogP contribution in [0.4, 0.5) is 5.69 Å². The van der Waals surface area contributed by atoms with Crippen molar-refractivity contribution in [2.75, 3.05) is 19.6 Å². The first-order chi connectivity index (χ1) is 19.0. The fraction of sp³-hybridized carbons (Fsp3) is 0.560. The summed E-state index contributed by atoms with van der Waals surface area (Å²) in [5, 5.41) is 16.2. The van der Waals surface area contributed by atoms with Gasteiger partial charge >= 0.3 is 0 Å². The van der Waals surface area contributed by atoms with Gasteiger partial charge in [-0.05, 0) is 57.1 Å². The van der Waals surface area contributed by atoms with Crippen molar-refractivity contribution < 1.29 is 24.1 Å². The molecule has 1 aliphatic rings. The molecular weight excluding hydrogens is 522 g/mol. The maximum absolute atomic E-state index is 13.3. The molecule has 0 unspecified atom stereocenters. The number of nitrogens with two attached hydrogens (primary N) is 4. The van der Waals surface area contributed by atoms with Crippen LogP contribution >= 0.6 is 0 Å². The lowest BCUT2D eigenvalue weighted by Gasteiger charge is -2.27. The molecule has 1 aromatic rings. The lowest BCUT2D eigenvalue weighted by molar-refractivity contribution is -0.384. The van der Waals surface area contributed by atoms with E-state index in [0.717, 1.165) is 0 Å². The third-order valence-corrected chi connectivity index (χ3v) is 6.56. The summed E-state index contributed by atoms with van der Waals surface area (Å²) in [6, 6.07) is 2.93. The van der Waals surface area contributed by atoms with Crippen LogP contribution in [0.3, 0.4) is 0 Å². The lowest BCUT2D eigenvalue weighted by atomic mass is 10.1. The van der Waals surface area contributed by atoms with Crippen molar-refractivity contribution in [1.82, 2.24) is 15.5 Å². The monoisotopic (exact) mass is 561 g/mol. The normalized spacial score (nSPS) is 16.0. The number of hydrogen-bond acceptors (Lipinski definition) is 8. The number of carbonyl (C=O) groups is 4. The van der Waals surface area contributed by atoms with Crippen LogP contribution in [-0.4, -0.2) is 77.2 Å². The number of benzene rings is 1. The van der Waals surface area contributed by atoms with E-state index in [0.29, 0.717) is 50.8 Å². The average Bonchev–Trinajstić information content (AvgIpc) is 3.40. The van der Waals surface area contributed by atoms with E-state index < -0.39 is 40.8 Å². The molecule has 15 nitrogen and oxygen atoms in total. The molecule has 15 heteroatoms. The quantitative estimate of drug-likeness (QED) is 0.0463. The number of nitrogens with zero attached hydrogens (tertiary/aromatic N) is 3. The Kier molecular flexibility index (Phi) is 12.8. The summed E-state index contributed by atoms with van der Waals surface area (Å²) in [6.07, 6.45) is 3.05. The topological polar surface area (TPSA) is 255 Å². The Balaban J connectivity index is 2.05. The molecule has 0 bridgehead atoms. The maximum atomic E-state index is 13.3. The zero-order chi connectivity index (χ0) is 29.7. The molecule has 0 radical (unpaired) electrons. The molecule has 2 rings (SSSR count). The number of hydrogen-bond donors (Lipinski definition) is 6. The highest BCUT2D eigenvalue weighted by Gasteiger charge is 2.36. The number of likely N-dealkylation sites (tertiary alicyclic amines) is 1. The smallest absolute Gasteiger partial charge is 0.269 e. The molecule has 0 aliphatic carbocycles. The first-order valence-corrected chi connectivity index (χ1v) is 13.2. The van der Waals surface area contributed by atoms with Gasteiger partial charge in [0.2, 0.25) is 23.6 Å². The van der Waals surface area contributed by atoms with Gasteiger partial charge in [-0.2, -0.15) is 0 Å². The number of nitro groups is 1. The molecular formula is C25H39N9O6. The number of primary amides is 1. The first kappa shape index (κ1) is 31.9. The number of nitro benzene ring substituents is 1. The molecule has 0 spiro atoms. The van der Waals surface area contributed by atoms with Gasteiger partial charge in [0.1, 0.15) is 18.1 Å². The van der Waals surface area contributed by atoms with Crippen molar-refractivity contribution in [3.63, 3.8) is 0 Å². The fourth-order valence-electron chi connectivity index (χ4n) is 4.44. The van der Waals surface area contributed by atoms with Crippen LogP contribution in [0.1, 0.15) is 50.5 Å². The highest BCUT2D eigenvalue weighted by atomic mass is 16.6. The highest BCUT2D eigenvalue weighted by Crippen LogP contribution is 2.20. The Hall–Kier alpha value is -4.27. The van der Waals surface area contributed by atoms with Gasteiger partial charge in [0.15, 0.2) is 5.96 Å². The summed E-state index contributed by atoms with van der Waals surface area (Å²) in [6.45, 7) is 1.03. The van der Waals surface area contributed by atoms with Gasteiger partial charge in [0, 0.05) is 25.2 Å². The number of amides is 4. The molecule has 1 aromatic carbocycles. The second-order valence-electron chi connectivity index (χ2n) is 9.60. The van der Waals surface area contributed by atoms with E-state index in [1.165, 1.54) is 29.2 Å². The minimum atomic E-state index is -0.984. The number of nitrogens with one attached hydrogen (secondary N) is 2. The number of aliphatic imine (C=N–C) groups is 1. The molecule has 1 fully saturated rings. The van der Waals surface area contributed by atoms with Gasteiger partial charge in [-0.3, -0.25) is 34.3 Å². The Bertz CT molecular complexity index is 1080. The largest absolute Gasteiger partial charge is 0.370 e. The summed E-state index contributed by atoms with van der Waals surface area (Å²) >= 11 is 0. The highest BCUT2D eigenvalue weighted by molar-refractivity contribution is 5.94. The number of rotatable bonds is 16. The van der Waals surface area contributed by atoms with Gasteiger partial charge in [0.25, 0.3) is 5.69 Å². The predicted molar refractivity (Wildman–Crippen MR) is 147 cm³/mol. The fourth-order valence-corrected chi connectivity index (χ4v) is 4.44. The lowest BCUT2D eigenvalue weighted by Crippen LogP contribution is -2.56.